The number of nitrogens with one attached hydrogen (secondary N) is 2. The molecule has 0 unspecified atom stereocenters. The van der Waals surface area contributed by atoms with E-state index in [9.17, 15) is 9.59 Å². The van der Waals surface area contributed by atoms with Gasteiger partial charge in [0.15, 0.2) is 11.5 Å². The number of urea groups is 1. The number of amides is 2. The van der Waals surface area contributed by atoms with Gasteiger partial charge in [0.1, 0.15) is 12.1 Å². The molecule has 0 fully saturated rings. The van der Waals surface area contributed by atoms with Crippen molar-refractivity contribution in [2.75, 3.05) is 27.9 Å². The van der Waals surface area contributed by atoms with Crippen LogP contribution in [0.1, 0.15) is 28.6 Å². The molecule has 0 saturated carbocycles. The van der Waals surface area contributed by atoms with Crippen LogP contribution in [0, 0.1) is 0 Å². The van der Waals surface area contributed by atoms with Gasteiger partial charge in [-0.15, -0.1) is 0 Å². The minimum absolute atomic E-state index is 0.321. The number of ether oxygens (including phenoxy) is 3. The Balaban J connectivity index is 1.64. The highest BCUT2D eigenvalue weighted by Gasteiger charge is 2.36. The molecule has 1 aliphatic rings. The molecular weight excluding hydrogens is 436 g/mol. The van der Waals surface area contributed by atoms with Crippen LogP contribution < -0.4 is 14.8 Å². The van der Waals surface area contributed by atoms with E-state index in [4.69, 9.17) is 14.2 Å². The van der Waals surface area contributed by atoms with Crippen molar-refractivity contribution in [2.45, 2.75) is 24.9 Å². The largest absolute Gasteiger partial charge is 0.493 e. The highest BCUT2D eigenvalue weighted by atomic mass is 16.5. The van der Waals surface area contributed by atoms with Gasteiger partial charge >= 0.3 is 12.0 Å². The molecule has 9 heteroatoms. The summed E-state index contributed by atoms with van der Waals surface area (Å²) in [6.45, 7) is 0.444. The number of aromatic amines is 1. The fourth-order valence-electron chi connectivity index (χ4n) is 4.27. The van der Waals surface area contributed by atoms with Gasteiger partial charge < -0.3 is 29.4 Å². The molecule has 2 atom stereocenters. The number of aromatic nitrogens is 2. The Labute approximate surface area is 198 Å². The number of carbonyl (C=O) groups is 2. The van der Waals surface area contributed by atoms with E-state index in [1.165, 1.54) is 7.11 Å². The topological polar surface area (TPSA) is 106 Å². The summed E-state index contributed by atoms with van der Waals surface area (Å²) in [5.74, 6) is 0.644. The third kappa shape index (κ3) is 4.68. The second-order valence-corrected chi connectivity index (χ2v) is 7.94. The first kappa shape index (κ1) is 23.2. The van der Waals surface area contributed by atoms with Crippen molar-refractivity contribution in [1.82, 2.24) is 20.2 Å². The molecule has 0 bridgehead atoms. The third-order valence-electron chi connectivity index (χ3n) is 5.98. The standard InChI is InChI=1S/C25H28N4O5/c1-32-20-10-9-17(14-21(20)33-2)23-22-18(26-15-27-22)11-12-29(23)25(31)28-19(24(30)34-3)13-16-7-5-4-6-8-16/h4-10,14-15,19,23H,11-13H2,1-3H3,(H,26,27)(H,28,31)/t19-,23+/m1/s1. The van der Waals surface area contributed by atoms with Crippen LogP contribution in [0.25, 0.3) is 0 Å². The smallest absolute Gasteiger partial charge is 0.328 e. The van der Waals surface area contributed by atoms with E-state index in [-0.39, 0.29) is 6.03 Å². The Kier molecular flexibility index (Phi) is 7.01. The van der Waals surface area contributed by atoms with Crippen molar-refractivity contribution in [3.63, 3.8) is 0 Å². The molecular formula is C25H28N4O5. The molecule has 0 radical (unpaired) electrons. The van der Waals surface area contributed by atoms with Crippen LogP contribution in [0.3, 0.4) is 0 Å². The van der Waals surface area contributed by atoms with Crippen molar-refractivity contribution >= 4 is 12.0 Å². The predicted octanol–water partition coefficient (Wildman–Crippen LogP) is 2.87. The van der Waals surface area contributed by atoms with Gasteiger partial charge in [0, 0.05) is 25.1 Å². The lowest BCUT2D eigenvalue weighted by atomic mass is 9.95. The lowest BCUT2D eigenvalue weighted by Crippen LogP contribution is -2.52. The summed E-state index contributed by atoms with van der Waals surface area (Å²) in [7, 11) is 4.46. The maximum absolute atomic E-state index is 13.5. The summed E-state index contributed by atoms with van der Waals surface area (Å²) >= 11 is 0. The van der Waals surface area contributed by atoms with Crippen LogP contribution in [0.5, 0.6) is 11.5 Å². The van der Waals surface area contributed by atoms with E-state index in [1.807, 2.05) is 42.5 Å². The Bertz CT molecular complexity index is 1150. The Morgan fingerprint density at radius 2 is 1.88 bits per heavy atom. The average molecular weight is 465 g/mol. The number of H-pyrrole nitrogens is 1. The monoisotopic (exact) mass is 464 g/mol. The number of rotatable bonds is 7. The van der Waals surface area contributed by atoms with E-state index in [0.29, 0.717) is 30.9 Å². The number of benzene rings is 2. The highest BCUT2D eigenvalue weighted by molar-refractivity contribution is 5.84. The first-order chi connectivity index (χ1) is 16.5. The number of esters is 1. The maximum atomic E-state index is 13.5. The molecule has 4 rings (SSSR count). The highest BCUT2D eigenvalue weighted by Crippen LogP contribution is 2.37. The molecule has 1 aromatic heterocycles. The molecule has 2 amide bonds. The summed E-state index contributed by atoms with van der Waals surface area (Å²) in [4.78, 5) is 35.4. The molecule has 2 aromatic carbocycles. The number of carbonyl (C=O) groups excluding carboxylic acids is 2. The second-order valence-electron chi connectivity index (χ2n) is 7.94. The number of fused-ring (bicyclic) bond motifs is 1. The maximum Gasteiger partial charge on any atom is 0.328 e. The van der Waals surface area contributed by atoms with Gasteiger partial charge in [-0.3, -0.25) is 0 Å². The lowest BCUT2D eigenvalue weighted by Gasteiger charge is -2.36. The van der Waals surface area contributed by atoms with Crippen molar-refractivity contribution in [1.29, 1.82) is 0 Å². The number of hydrogen-bond acceptors (Lipinski definition) is 6. The lowest BCUT2D eigenvalue weighted by molar-refractivity contribution is -0.142. The first-order valence-corrected chi connectivity index (χ1v) is 11.0. The molecule has 2 N–H and O–H groups in total. The molecule has 0 aliphatic carbocycles. The first-order valence-electron chi connectivity index (χ1n) is 11.0. The summed E-state index contributed by atoms with van der Waals surface area (Å²) in [6.07, 6.45) is 2.57. The summed E-state index contributed by atoms with van der Waals surface area (Å²) in [5, 5.41) is 2.88. The van der Waals surface area contributed by atoms with Crippen LogP contribution in [0.15, 0.2) is 54.9 Å². The summed E-state index contributed by atoms with van der Waals surface area (Å²) < 4.78 is 15.8. The van der Waals surface area contributed by atoms with Crippen molar-refractivity contribution in [2.24, 2.45) is 0 Å². The third-order valence-corrected chi connectivity index (χ3v) is 5.98. The molecule has 9 nitrogen and oxygen atoms in total. The molecule has 178 valence electrons. The van der Waals surface area contributed by atoms with Gasteiger partial charge in [-0.05, 0) is 23.3 Å². The molecule has 2 heterocycles. The van der Waals surface area contributed by atoms with Crippen LogP contribution in [-0.2, 0) is 22.4 Å². The van der Waals surface area contributed by atoms with Crippen LogP contribution in [-0.4, -0.2) is 60.8 Å². The van der Waals surface area contributed by atoms with Crippen molar-refractivity contribution in [3.05, 3.63) is 77.4 Å². The quantitative estimate of drug-likeness (QED) is 0.521. The summed E-state index contributed by atoms with van der Waals surface area (Å²) in [6, 6.07) is 13.4. The molecule has 0 spiro atoms. The molecule has 1 aliphatic heterocycles. The summed E-state index contributed by atoms with van der Waals surface area (Å²) in [5.41, 5.74) is 3.46. The van der Waals surface area contributed by atoms with E-state index < -0.39 is 18.1 Å². The fourth-order valence-corrected chi connectivity index (χ4v) is 4.27. The van der Waals surface area contributed by atoms with Crippen molar-refractivity contribution in [3.8, 4) is 11.5 Å². The minimum atomic E-state index is -0.827. The number of imidazole rings is 1. The minimum Gasteiger partial charge on any atom is -0.493 e. The van der Waals surface area contributed by atoms with Gasteiger partial charge in [0.05, 0.1) is 33.4 Å². The Morgan fingerprint density at radius 3 is 2.59 bits per heavy atom. The van der Waals surface area contributed by atoms with Gasteiger partial charge in [0.25, 0.3) is 0 Å². The Morgan fingerprint density at radius 1 is 1.12 bits per heavy atom. The Hall–Kier alpha value is -4.01. The van der Waals surface area contributed by atoms with Gasteiger partial charge in [-0.1, -0.05) is 36.4 Å². The van der Waals surface area contributed by atoms with Gasteiger partial charge in [-0.2, -0.15) is 0 Å². The molecule has 0 saturated heterocycles. The number of nitrogens with zero attached hydrogens (tertiary/aromatic N) is 2. The fraction of sp³-hybridized carbons (Fsp3) is 0.320. The molecule has 3 aromatic rings. The van der Waals surface area contributed by atoms with Crippen LogP contribution >= 0.6 is 0 Å². The second kappa shape index (κ2) is 10.3. The SMILES string of the molecule is COC(=O)[C@@H](Cc1ccccc1)NC(=O)N1CCc2[nH]cnc2[C@@H]1c1ccc(OC)c(OC)c1. The van der Waals surface area contributed by atoms with Gasteiger partial charge in [-0.25, -0.2) is 14.6 Å². The number of methoxy groups -OCH3 is 3. The molecule has 34 heavy (non-hydrogen) atoms. The van der Waals surface area contributed by atoms with Crippen LogP contribution in [0.2, 0.25) is 0 Å². The van der Waals surface area contributed by atoms with Gasteiger partial charge in [0.2, 0.25) is 0 Å². The van der Waals surface area contributed by atoms with E-state index in [1.54, 1.807) is 31.5 Å². The zero-order valence-corrected chi connectivity index (χ0v) is 19.4. The van der Waals surface area contributed by atoms with E-state index in [2.05, 4.69) is 15.3 Å². The van der Waals surface area contributed by atoms with Crippen LogP contribution in [0.4, 0.5) is 4.79 Å². The van der Waals surface area contributed by atoms with Crippen molar-refractivity contribution < 1.29 is 23.8 Å². The van der Waals surface area contributed by atoms with E-state index in [0.717, 1.165) is 22.5 Å². The zero-order chi connectivity index (χ0) is 24.1. The normalized spacial score (nSPS) is 15.7. The number of hydrogen-bond donors (Lipinski definition) is 2. The average Bonchev–Trinajstić information content (AvgIpc) is 3.36. The zero-order valence-electron chi connectivity index (χ0n) is 19.4. The predicted molar refractivity (Wildman–Crippen MR) is 125 cm³/mol. The van der Waals surface area contributed by atoms with E-state index >= 15 is 0 Å².